The van der Waals surface area contributed by atoms with Gasteiger partial charge in [0.2, 0.25) is 0 Å². The Morgan fingerprint density at radius 3 is 2.68 bits per heavy atom. The first kappa shape index (κ1) is 19.0. The summed E-state index contributed by atoms with van der Waals surface area (Å²) < 4.78 is 11.8. The van der Waals surface area contributed by atoms with Crippen LogP contribution < -0.4 is 10.3 Å². The largest absolute Gasteiger partial charge is 0.376 e. The summed E-state index contributed by atoms with van der Waals surface area (Å²) in [4.78, 5) is 12.8. The Labute approximate surface area is 155 Å². The molecule has 1 fully saturated rings. The van der Waals surface area contributed by atoms with Crippen LogP contribution >= 0.6 is 11.9 Å². The number of aryl methyl sites for hydroxylation is 2. The average Bonchev–Trinajstić information content (AvgIpc) is 2.64. The Kier molecular flexibility index (Phi) is 6.64. The summed E-state index contributed by atoms with van der Waals surface area (Å²) in [5.41, 5.74) is 2.12. The van der Waals surface area contributed by atoms with Crippen molar-refractivity contribution >= 4 is 11.9 Å². The standard InChI is InChI=1S/C20H32N2O2S/c1-4-15-6-10-17(11-7-15)24-13-19-18(21-25-3)12-9-16-8-5-14(2)20(23)22(16)19/h5,8,15,17-19,21H,4,6-7,9-13H2,1-3H3. The number of rotatable bonds is 6. The molecule has 5 heteroatoms. The second-order valence-corrected chi connectivity index (χ2v) is 8.25. The monoisotopic (exact) mass is 364 g/mol. The van der Waals surface area contributed by atoms with Crippen molar-refractivity contribution in [2.75, 3.05) is 12.9 Å². The maximum Gasteiger partial charge on any atom is 0.254 e. The van der Waals surface area contributed by atoms with Crippen molar-refractivity contribution in [1.29, 1.82) is 0 Å². The van der Waals surface area contributed by atoms with Crippen molar-refractivity contribution < 1.29 is 4.74 Å². The van der Waals surface area contributed by atoms with Crippen LogP contribution in [0.15, 0.2) is 16.9 Å². The minimum Gasteiger partial charge on any atom is -0.376 e. The molecule has 2 atom stereocenters. The summed E-state index contributed by atoms with van der Waals surface area (Å²) in [5.74, 6) is 0.881. The molecule has 0 amide bonds. The van der Waals surface area contributed by atoms with Crippen LogP contribution in [0, 0.1) is 12.8 Å². The highest BCUT2D eigenvalue weighted by Gasteiger charge is 2.31. The van der Waals surface area contributed by atoms with Crippen LogP contribution in [0.1, 0.15) is 62.7 Å². The van der Waals surface area contributed by atoms with Gasteiger partial charge in [-0.2, -0.15) is 0 Å². The van der Waals surface area contributed by atoms with Gasteiger partial charge in [0.25, 0.3) is 5.56 Å². The first-order chi connectivity index (χ1) is 12.1. The lowest BCUT2D eigenvalue weighted by Crippen LogP contribution is -2.46. The van der Waals surface area contributed by atoms with Gasteiger partial charge in [-0.25, -0.2) is 0 Å². The van der Waals surface area contributed by atoms with Gasteiger partial charge in [-0.3, -0.25) is 9.52 Å². The van der Waals surface area contributed by atoms with E-state index < -0.39 is 0 Å². The van der Waals surface area contributed by atoms with E-state index in [-0.39, 0.29) is 17.6 Å². The average molecular weight is 365 g/mol. The predicted molar refractivity (Wildman–Crippen MR) is 105 cm³/mol. The molecule has 140 valence electrons. The van der Waals surface area contributed by atoms with Crippen LogP contribution in [-0.2, 0) is 11.2 Å². The van der Waals surface area contributed by atoms with E-state index in [0.717, 1.165) is 30.0 Å². The number of nitrogens with zero attached hydrogens (tertiary/aromatic N) is 1. The third-order valence-corrected chi connectivity index (χ3v) is 6.58. The van der Waals surface area contributed by atoms with Gasteiger partial charge in [0.05, 0.1) is 18.8 Å². The summed E-state index contributed by atoms with van der Waals surface area (Å²) >= 11 is 1.64. The van der Waals surface area contributed by atoms with E-state index in [2.05, 4.69) is 24.0 Å². The number of nitrogens with one attached hydrogen (secondary N) is 1. The maximum absolute atomic E-state index is 12.8. The molecule has 0 radical (unpaired) electrons. The van der Waals surface area contributed by atoms with Crippen LogP contribution in [0.3, 0.4) is 0 Å². The first-order valence-corrected chi connectivity index (χ1v) is 11.0. The normalized spacial score (nSPS) is 29.4. The zero-order valence-corrected chi connectivity index (χ0v) is 16.6. The van der Waals surface area contributed by atoms with E-state index in [0.29, 0.717) is 12.7 Å². The van der Waals surface area contributed by atoms with Gasteiger partial charge < -0.3 is 9.30 Å². The highest BCUT2D eigenvalue weighted by molar-refractivity contribution is 7.96. The molecule has 2 aliphatic rings. The Bertz CT molecular complexity index is 623. The highest BCUT2D eigenvalue weighted by atomic mass is 32.2. The molecule has 1 saturated carbocycles. The number of hydrogen-bond acceptors (Lipinski definition) is 4. The number of fused-ring (bicyclic) bond motifs is 1. The number of aromatic nitrogens is 1. The zero-order valence-electron chi connectivity index (χ0n) is 15.8. The smallest absolute Gasteiger partial charge is 0.254 e. The molecule has 1 aliphatic carbocycles. The lowest BCUT2D eigenvalue weighted by atomic mass is 9.86. The molecule has 3 rings (SSSR count). The molecule has 0 aromatic carbocycles. The Balaban J connectivity index is 1.73. The summed E-state index contributed by atoms with van der Waals surface area (Å²) in [5, 5.41) is 0. The van der Waals surface area contributed by atoms with Crippen molar-refractivity contribution in [2.24, 2.45) is 5.92 Å². The molecule has 0 spiro atoms. The predicted octanol–water partition coefficient (Wildman–Crippen LogP) is 3.87. The van der Waals surface area contributed by atoms with Crippen molar-refractivity contribution in [3.8, 4) is 0 Å². The van der Waals surface area contributed by atoms with Crippen molar-refractivity contribution in [3.63, 3.8) is 0 Å². The Morgan fingerprint density at radius 2 is 2.00 bits per heavy atom. The highest BCUT2D eigenvalue weighted by Crippen LogP contribution is 2.30. The fourth-order valence-corrected chi connectivity index (χ4v) is 4.93. The van der Waals surface area contributed by atoms with E-state index in [4.69, 9.17) is 4.74 Å². The lowest BCUT2D eigenvalue weighted by molar-refractivity contribution is -0.00678. The van der Waals surface area contributed by atoms with Gasteiger partial charge in [0, 0.05) is 17.3 Å². The van der Waals surface area contributed by atoms with Crippen molar-refractivity contribution in [1.82, 2.24) is 9.29 Å². The second-order valence-electron chi connectivity index (χ2n) is 7.60. The molecule has 4 nitrogen and oxygen atoms in total. The fourth-order valence-electron chi connectivity index (χ4n) is 4.36. The van der Waals surface area contributed by atoms with Crippen LogP contribution in [-0.4, -0.2) is 29.6 Å². The molecule has 1 aromatic rings. The number of pyridine rings is 1. The van der Waals surface area contributed by atoms with Crippen LogP contribution in [0.2, 0.25) is 0 Å². The van der Waals surface area contributed by atoms with E-state index in [9.17, 15) is 4.79 Å². The molecule has 1 N–H and O–H groups in total. The third-order valence-electron chi connectivity index (χ3n) is 6.04. The molecule has 0 bridgehead atoms. The van der Waals surface area contributed by atoms with Gasteiger partial charge in [0.1, 0.15) is 0 Å². The SMILES string of the molecule is CCC1CCC(OCC2C(NSC)CCc3ccc(C)c(=O)n32)CC1. The summed E-state index contributed by atoms with van der Waals surface area (Å²) in [6.45, 7) is 4.83. The number of ether oxygens (including phenoxy) is 1. The third kappa shape index (κ3) is 4.32. The van der Waals surface area contributed by atoms with Gasteiger partial charge in [-0.05, 0) is 63.7 Å². The van der Waals surface area contributed by atoms with Gasteiger partial charge in [0.15, 0.2) is 0 Å². The Morgan fingerprint density at radius 1 is 1.24 bits per heavy atom. The van der Waals surface area contributed by atoms with Gasteiger partial charge >= 0.3 is 0 Å². The molecule has 2 heterocycles. The van der Waals surface area contributed by atoms with Crippen molar-refractivity contribution in [3.05, 3.63) is 33.7 Å². The quantitative estimate of drug-likeness (QED) is 0.778. The van der Waals surface area contributed by atoms with E-state index in [1.165, 1.54) is 32.1 Å². The van der Waals surface area contributed by atoms with Crippen LogP contribution in [0.5, 0.6) is 0 Å². The number of hydrogen-bond donors (Lipinski definition) is 1. The maximum atomic E-state index is 12.8. The summed E-state index contributed by atoms with van der Waals surface area (Å²) in [6.07, 6.45) is 10.6. The van der Waals surface area contributed by atoms with Gasteiger partial charge in [-0.15, -0.1) is 0 Å². The van der Waals surface area contributed by atoms with E-state index in [1.807, 2.05) is 17.6 Å². The summed E-state index contributed by atoms with van der Waals surface area (Å²) in [6, 6.07) is 4.45. The van der Waals surface area contributed by atoms with Crippen LogP contribution in [0.25, 0.3) is 0 Å². The minimum absolute atomic E-state index is 0.0903. The fraction of sp³-hybridized carbons (Fsp3) is 0.750. The molecular formula is C20H32N2O2S. The minimum atomic E-state index is 0.0903. The summed E-state index contributed by atoms with van der Waals surface area (Å²) in [7, 11) is 0. The molecule has 2 unspecified atom stereocenters. The molecule has 25 heavy (non-hydrogen) atoms. The van der Waals surface area contributed by atoms with Crippen LogP contribution in [0.4, 0.5) is 0 Å². The van der Waals surface area contributed by atoms with Crippen molar-refractivity contribution in [2.45, 2.75) is 77.0 Å². The first-order valence-electron chi connectivity index (χ1n) is 9.75. The van der Waals surface area contributed by atoms with Gasteiger partial charge in [-0.1, -0.05) is 31.4 Å². The molecule has 0 saturated heterocycles. The topological polar surface area (TPSA) is 43.3 Å². The second kappa shape index (κ2) is 8.74. The van der Waals surface area contributed by atoms with E-state index in [1.54, 1.807) is 11.9 Å². The molecular weight excluding hydrogens is 332 g/mol. The van der Waals surface area contributed by atoms with E-state index >= 15 is 0 Å². The Hall–Kier alpha value is -0.780. The molecule has 1 aromatic heterocycles. The lowest BCUT2D eigenvalue weighted by Gasteiger charge is -2.37. The zero-order chi connectivity index (χ0) is 17.8. The molecule has 1 aliphatic heterocycles.